The van der Waals surface area contributed by atoms with Gasteiger partial charge in [0.15, 0.2) is 0 Å². The SMILES string of the molecule is CCC(N)c1ccn(Cc2nnc(C)o2)c1. The minimum Gasteiger partial charge on any atom is -0.424 e. The van der Waals surface area contributed by atoms with Gasteiger partial charge in [0.2, 0.25) is 11.8 Å². The summed E-state index contributed by atoms with van der Waals surface area (Å²) in [5.41, 5.74) is 7.08. The lowest BCUT2D eigenvalue weighted by molar-refractivity contribution is 0.454. The van der Waals surface area contributed by atoms with E-state index in [1.165, 1.54) is 0 Å². The summed E-state index contributed by atoms with van der Waals surface area (Å²) in [5, 5.41) is 7.73. The summed E-state index contributed by atoms with van der Waals surface area (Å²) in [6.45, 7) is 4.45. The fourth-order valence-electron chi connectivity index (χ4n) is 1.57. The molecule has 0 aliphatic rings. The quantitative estimate of drug-likeness (QED) is 0.850. The van der Waals surface area contributed by atoms with Gasteiger partial charge in [0.05, 0.1) is 0 Å². The molecule has 2 heterocycles. The van der Waals surface area contributed by atoms with Gasteiger partial charge in [0, 0.05) is 25.4 Å². The van der Waals surface area contributed by atoms with Crippen LogP contribution < -0.4 is 5.73 Å². The van der Waals surface area contributed by atoms with Crippen molar-refractivity contribution < 1.29 is 4.42 Å². The third-order valence-corrected chi connectivity index (χ3v) is 2.53. The van der Waals surface area contributed by atoms with Crippen LogP contribution in [0.5, 0.6) is 0 Å². The molecule has 86 valence electrons. The minimum absolute atomic E-state index is 0.102. The number of nitrogens with zero attached hydrogens (tertiary/aromatic N) is 3. The van der Waals surface area contributed by atoms with Crippen molar-refractivity contribution in [3.63, 3.8) is 0 Å². The summed E-state index contributed by atoms with van der Waals surface area (Å²) < 4.78 is 7.31. The lowest BCUT2D eigenvalue weighted by Crippen LogP contribution is -2.07. The number of aromatic nitrogens is 3. The van der Waals surface area contributed by atoms with Crippen LogP contribution in [0.2, 0.25) is 0 Å². The lowest BCUT2D eigenvalue weighted by Gasteiger charge is -2.04. The van der Waals surface area contributed by atoms with Crippen molar-refractivity contribution in [3.05, 3.63) is 35.8 Å². The number of hydrogen-bond donors (Lipinski definition) is 1. The first kappa shape index (κ1) is 10.9. The Kier molecular flexibility index (Phi) is 3.05. The molecule has 1 atom stereocenters. The van der Waals surface area contributed by atoms with Gasteiger partial charge in [0.25, 0.3) is 0 Å². The summed E-state index contributed by atoms with van der Waals surface area (Å²) >= 11 is 0. The molecule has 0 amide bonds. The summed E-state index contributed by atoms with van der Waals surface area (Å²) in [5.74, 6) is 1.21. The minimum atomic E-state index is 0.102. The molecule has 0 aromatic carbocycles. The highest BCUT2D eigenvalue weighted by Crippen LogP contribution is 2.14. The van der Waals surface area contributed by atoms with Crippen LogP contribution in [0.25, 0.3) is 0 Å². The van der Waals surface area contributed by atoms with Gasteiger partial charge < -0.3 is 14.7 Å². The van der Waals surface area contributed by atoms with E-state index >= 15 is 0 Å². The molecule has 5 nitrogen and oxygen atoms in total. The Labute approximate surface area is 94.3 Å². The van der Waals surface area contributed by atoms with Gasteiger partial charge in [-0.2, -0.15) is 0 Å². The normalized spacial score (nSPS) is 12.9. The van der Waals surface area contributed by atoms with E-state index in [9.17, 15) is 0 Å². The molecule has 1 unspecified atom stereocenters. The van der Waals surface area contributed by atoms with Crippen molar-refractivity contribution in [1.29, 1.82) is 0 Å². The zero-order valence-electron chi connectivity index (χ0n) is 9.55. The molecule has 0 spiro atoms. The van der Waals surface area contributed by atoms with Gasteiger partial charge in [-0.1, -0.05) is 6.92 Å². The Morgan fingerprint density at radius 2 is 2.31 bits per heavy atom. The Morgan fingerprint density at radius 1 is 1.50 bits per heavy atom. The van der Waals surface area contributed by atoms with E-state index in [-0.39, 0.29) is 6.04 Å². The maximum absolute atomic E-state index is 5.94. The first-order valence-corrected chi connectivity index (χ1v) is 5.39. The molecule has 5 heteroatoms. The number of aryl methyl sites for hydroxylation is 1. The predicted octanol–water partition coefficient (Wildman–Crippen LogP) is 1.64. The molecule has 0 fully saturated rings. The largest absolute Gasteiger partial charge is 0.424 e. The smallest absolute Gasteiger partial charge is 0.236 e. The first-order valence-electron chi connectivity index (χ1n) is 5.39. The van der Waals surface area contributed by atoms with Crippen molar-refractivity contribution in [2.24, 2.45) is 5.73 Å². The van der Waals surface area contributed by atoms with Crippen LogP contribution in [0.4, 0.5) is 0 Å². The van der Waals surface area contributed by atoms with Gasteiger partial charge >= 0.3 is 0 Å². The highest BCUT2D eigenvalue weighted by atomic mass is 16.4. The third-order valence-electron chi connectivity index (χ3n) is 2.53. The molecule has 16 heavy (non-hydrogen) atoms. The fraction of sp³-hybridized carbons (Fsp3) is 0.455. The van der Waals surface area contributed by atoms with E-state index < -0.39 is 0 Å². The predicted molar refractivity (Wildman–Crippen MR) is 59.8 cm³/mol. The number of rotatable bonds is 4. The Bertz CT molecular complexity index is 460. The van der Waals surface area contributed by atoms with Crippen LogP contribution >= 0.6 is 0 Å². The zero-order chi connectivity index (χ0) is 11.5. The van der Waals surface area contributed by atoms with E-state index in [1.807, 2.05) is 23.0 Å². The van der Waals surface area contributed by atoms with Crippen molar-refractivity contribution in [3.8, 4) is 0 Å². The maximum Gasteiger partial charge on any atom is 0.236 e. The van der Waals surface area contributed by atoms with E-state index in [1.54, 1.807) is 6.92 Å². The Hall–Kier alpha value is -1.62. The summed E-state index contributed by atoms with van der Waals surface area (Å²) in [6.07, 6.45) is 4.93. The lowest BCUT2D eigenvalue weighted by atomic mass is 10.1. The van der Waals surface area contributed by atoms with Crippen LogP contribution in [0.3, 0.4) is 0 Å². The molecule has 0 aliphatic carbocycles. The second-order valence-corrected chi connectivity index (χ2v) is 3.85. The molecule has 0 saturated heterocycles. The molecule has 0 radical (unpaired) electrons. The molecule has 2 rings (SSSR count). The molecule has 0 aliphatic heterocycles. The van der Waals surface area contributed by atoms with Crippen molar-refractivity contribution in [1.82, 2.24) is 14.8 Å². The molecule has 2 aromatic rings. The second-order valence-electron chi connectivity index (χ2n) is 3.85. The molecule has 0 bridgehead atoms. The van der Waals surface area contributed by atoms with E-state index in [0.717, 1.165) is 12.0 Å². The average Bonchev–Trinajstić information content (AvgIpc) is 2.87. The van der Waals surface area contributed by atoms with Crippen LogP contribution in [0.1, 0.15) is 36.7 Å². The standard InChI is InChI=1S/C11H16N4O/c1-3-10(12)9-4-5-15(6-9)7-11-14-13-8(2)16-11/h4-6,10H,3,7,12H2,1-2H3. The van der Waals surface area contributed by atoms with Crippen LogP contribution in [0, 0.1) is 6.92 Å². The van der Waals surface area contributed by atoms with Gasteiger partial charge in [0.1, 0.15) is 6.54 Å². The van der Waals surface area contributed by atoms with Gasteiger partial charge in [-0.25, -0.2) is 0 Å². The topological polar surface area (TPSA) is 69.9 Å². The molecule has 2 aromatic heterocycles. The van der Waals surface area contributed by atoms with Crippen molar-refractivity contribution in [2.45, 2.75) is 32.9 Å². The second kappa shape index (κ2) is 4.49. The maximum atomic E-state index is 5.94. The number of nitrogens with two attached hydrogens (primary N) is 1. The highest BCUT2D eigenvalue weighted by molar-refractivity contribution is 5.15. The van der Waals surface area contributed by atoms with Crippen molar-refractivity contribution >= 4 is 0 Å². The van der Waals surface area contributed by atoms with Gasteiger partial charge in [-0.15, -0.1) is 10.2 Å². The van der Waals surface area contributed by atoms with Crippen LogP contribution in [-0.4, -0.2) is 14.8 Å². The Balaban J connectivity index is 2.08. The fourth-order valence-corrected chi connectivity index (χ4v) is 1.57. The van der Waals surface area contributed by atoms with E-state index in [4.69, 9.17) is 10.2 Å². The molecular weight excluding hydrogens is 204 g/mol. The molecule has 0 saturated carbocycles. The summed E-state index contributed by atoms with van der Waals surface area (Å²) in [4.78, 5) is 0. The molecule has 2 N–H and O–H groups in total. The monoisotopic (exact) mass is 220 g/mol. The highest BCUT2D eigenvalue weighted by Gasteiger charge is 2.07. The molecular formula is C11H16N4O. The van der Waals surface area contributed by atoms with E-state index in [0.29, 0.717) is 18.3 Å². The average molecular weight is 220 g/mol. The van der Waals surface area contributed by atoms with Crippen LogP contribution in [0.15, 0.2) is 22.9 Å². The van der Waals surface area contributed by atoms with Gasteiger partial charge in [-0.3, -0.25) is 0 Å². The van der Waals surface area contributed by atoms with E-state index in [2.05, 4.69) is 17.1 Å². The summed E-state index contributed by atoms with van der Waals surface area (Å²) in [6, 6.07) is 2.13. The van der Waals surface area contributed by atoms with Crippen LogP contribution in [-0.2, 0) is 6.54 Å². The third kappa shape index (κ3) is 2.30. The zero-order valence-corrected chi connectivity index (χ0v) is 9.55. The Morgan fingerprint density at radius 3 is 2.94 bits per heavy atom. The first-order chi connectivity index (χ1) is 7.69. The van der Waals surface area contributed by atoms with Crippen molar-refractivity contribution in [2.75, 3.05) is 0 Å². The summed E-state index contributed by atoms with van der Waals surface area (Å²) in [7, 11) is 0. The number of hydrogen-bond acceptors (Lipinski definition) is 4. The van der Waals surface area contributed by atoms with Gasteiger partial charge in [-0.05, 0) is 18.1 Å².